The van der Waals surface area contributed by atoms with Gasteiger partial charge in [-0.3, -0.25) is 9.38 Å². The second-order valence-corrected chi connectivity index (χ2v) is 4.20. The molecule has 2 aromatic heterocycles. The molecule has 0 spiro atoms. The van der Waals surface area contributed by atoms with Crippen LogP contribution >= 0.6 is 15.9 Å². The fourth-order valence-corrected chi connectivity index (χ4v) is 1.76. The molecule has 0 saturated heterocycles. The molecule has 2 heterocycles. The summed E-state index contributed by atoms with van der Waals surface area (Å²) < 4.78 is 2.62. The first-order valence-corrected chi connectivity index (χ1v) is 5.31. The Balaban J connectivity index is 2.61. The Labute approximate surface area is 95.1 Å². The number of rotatable bonds is 2. The molecule has 0 bridgehead atoms. The molecule has 5 nitrogen and oxygen atoms in total. The smallest absolute Gasteiger partial charge is 0.162 e. The number of nitrogens with zero attached hydrogens (tertiary/aromatic N) is 3. The number of fused-ring (bicyclic) bond motifs is 1. The van der Waals surface area contributed by atoms with Crippen molar-refractivity contribution in [3.05, 3.63) is 28.9 Å². The van der Waals surface area contributed by atoms with Gasteiger partial charge in [0.15, 0.2) is 5.65 Å². The van der Waals surface area contributed by atoms with Crippen LogP contribution in [-0.2, 0) is 0 Å². The van der Waals surface area contributed by atoms with Gasteiger partial charge in [0, 0.05) is 18.4 Å². The van der Waals surface area contributed by atoms with E-state index < -0.39 is 6.10 Å². The molecule has 2 rings (SSSR count). The Morgan fingerprint density at radius 1 is 1.53 bits per heavy atom. The lowest BCUT2D eigenvalue weighted by Gasteiger charge is -2.14. The van der Waals surface area contributed by atoms with Crippen molar-refractivity contribution < 1.29 is 5.11 Å². The minimum absolute atomic E-state index is 0.376. The summed E-state index contributed by atoms with van der Waals surface area (Å²) >= 11 is 3.35. The molecule has 15 heavy (non-hydrogen) atoms. The van der Waals surface area contributed by atoms with Crippen LogP contribution in [-0.4, -0.2) is 25.5 Å². The van der Waals surface area contributed by atoms with Crippen molar-refractivity contribution in [3.63, 3.8) is 0 Å². The van der Waals surface area contributed by atoms with Crippen molar-refractivity contribution in [3.8, 4) is 0 Å². The van der Waals surface area contributed by atoms with E-state index in [-0.39, 0.29) is 6.04 Å². The summed E-state index contributed by atoms with van der Waals surface area (Å²) in [7, 11) is 0. The van der Waals surface area contributed by atoms with E-state index in [1.54, 1.807) is 29.9 Å². The van der Waals surface area contributed by atoms with Gasteiger partial charge in [-0.05, 0) is 22.9 Å². The maximum absolute atomic E-state index is 9.85. The zero-order valence-corrected chi connectivity index (χ0v) is 9.72. The number of hydrogen-bond acceptors (Lipinski definition) is 4. The number of aliphatic hydroxyl groups is 1. The highest BCUT2D eigenvalue weighted by atomic mass is 79.9. The first kappa shape index (κ1) is 10.5. The number of nitrogens with two attached hydrogens (primary N) is 1. The Hall–Kier alpha value is -0.980. The highest BCUT2D eigenvalue weighted by Gasteiger charge is 2.18. The summed E-state index contributed by atoms with van der Waals surface area (Å²) in [5, 5.41) is 9.85. The Bertz CT molecular complexity index is 482. The average Bonchev–Trinajstić information content (AvgIpc) is 2.59. The lowest BCUT2D eigenvalue weighted by molar-refractivity contribution is 0.149. The molecule has 0 aliphatic carbocycles. The molecule has 0 aliphatic heterocycles. The Morgan fingerprint density at radius 3 is 2.93 bits per heavy atom. The van der Waals surface area contributed by atoms with Crippen LogP contribution in [0.3, 0.4) is 0 Å². The van der Waals surface area contributed by atoms with Crippen LogP contribution in [0.25, 0.3) is 5.65 Å². The van der Waals surface area contributed by atoms with E-state index in [2.05, 4.69) is 25.9 Å². The van der Waals surface area contributed by atoms with E-state index in [1.165, 1.54) is 0 Å². The molecular formula is C9H11BrN4O. The van der Waals surface area contributed by atoms with Gasteiger partial charge in [0.05, 0.1) is 6.20 Å². The maximum Gasteiger partial charge on any atom is 0.162 e. The molecule has 2 aromatic rings. The zero-order chi connectivity index (χ0) is 11.0. The highest BCUT2D eigenvalue weighted by molar-refractivity contribution is 9.10. The molecule has 2 atom stereocenters. The molecule has 0 radical (unpaired) electrons. The van der Waals surface area contributed by atoms with Gasteiger partial charge in [-0.25, -0.2) is 4.98 Å². The van der Waals surface area contributed by atoms with Crippen LogP contribution in [0.15, 0.2) is 23.2 Å². The predicted molar refractivity (Wildman–Crippen MR) is 59.3 cm³/mol. The van der Waals surface area contributed by atoms with Gasteiger partial charge in [-0.2, -0.15) is 0 Å². The van der Waals surface area contributed by atoms with Gasteiger partial charge >= 0.3 is 0 Å². The van der Waals surface area contributed by atoms with Gasteiger partial charge < -0.3 is 10.8 Å². The predicted octanol–water partition coefficient (Wildman–Crippen LogP) is 0.872. The maximum atomic E-state index is 9.85. The molecule has 2 unspecified atom stereocenters. The van der Waals surface area contributed by atoms with Crippen molar-refractivity contribution >= 4 is 21.6 Å². The van der Waals surface area contributed by atoms with Gasteiger partial charge in [-0.1, -0.05) is 0 Å². The molecule has 3 N–H and O–H groups in total. The average molecular weight is 271 g/mol. The summed E-state index contributed by atoms with van der Waals surface area (Å²) in [6.07, 6.45) is 4.24. The minimum Gasteiger partial charge on any atom is -0.385 e. The first-order valence-electron chi connectivity index (χ1n) is 4.52. The van der Waals surface area contributed by atoms with Gasteiger partial charge in [0.2, 0.25) is 0 Å². The van der Waals surface area contributed by atoms with E-state index in [4.69, 9.17) is 5.73 Å². The van der Waals surface area contributed by atoms with E-state index in [0.717, 1.165) is 4.60 Å². The lowest BCUT2D eigenvalue weighted by Crippen LogP contribution is -2.25. The van der Waals surface area contributed by atoms with Gasteiger partial charge in [-0.15, -0.1) is 0 Å². The van der Waals surface area contributed by atoms with Crippen molar-refractivity contribution in [1.82, 2.24) is 14.4 Å². The molecule has 80 valence electrons. The zero-order valence-electron chi connectivity index (χ0n) is 8.13. The van der Waals surface area contributed by atoms with Crippen LogP contribution in [0.1, 0.15) is 18.7 Å². The van der Waals surface area contributed by atoms with Crippen LogP contribution < -0.4 is 5.73 Å². The second kappa shape index (κ2) is 3.88. The van der Waals surface area contributed by atoms with Crippen LogP contribution in [0.5, 0.6) is 0 Å². The summed E-state index contributed by atoms with van der Waals surface area (Å²) in [5.41, 5.74) is 6.74. The molecule has 0 amide bonds. The molecule has 0 aliphatic rings. The fourth-order valence-electron chi connectivity index (χ4n) is 1.37. The summed E-state index contributed by atoms with van der Waals surface area (Å²) in [4.78, 5) is 8.27. The fraction of sp³-hybridized carbons (Fsp3) is 0.333. The lowest BCUT2D eigenvalue weighted by atomic mass is 10.1. The third-order valence-corrected chi connectivity index (χ3v) is 2.78. The standard InChI is InChI=1S/C9H11BrN4O/c1-5(11)8(15)7-9-13-4-6(10)14(9)3-2-12-7/h2-5,8,15H,11H2,1H3. The largest absolute Gasteiger partial charge is 0.385 e. The van der Waals surface area contributed by atoms with E-state index in [1.807, 2.05) is 0 Å². The molecular weight excluding hydrogens is 260 g/mol. The van der Waals surface area contributed by atoms with Crippen molar-refractivity contribution in [2.75, 3.05) is 0 Å². The van der Waals surface area contributed by atoms with Gasteiger partial charge in [0.25, 0.3) is 0 Å². The first-order chi connectivity index (χ1) is 7.11. The van der Waals surface area contributed by atoms with Crippen molar-refractivity contribution in [2.45, 2.75) is 19.1 Å². The number of aliphatic hydroxyl groups excluding tert-OH is 1. The SMILES string of the molecule is CC(N)C(O)c1nccn2c(Br)cnc12. The molecule has 0 aromatic carbocycles. The monoisotopic (exact) mass is 270 g/mol. The Morgan fingerprint density at radius 2 is 2.27 bits per heavy atom. The normalized spacial score (nSPS) is 15.5. The van der Waals surface area contributed by atoms with Gasteiger partial charge in [0.1, 0.15) is 16.4 Å². The summed E-state index contributed by atoms with van der Waals surface area (Å²) in [6, 6.07) is -0.376. The summed E-state index contributed by atoms with van der Waals surface area (Å²) in [5.74, 6) is 0. The summed E-state index contributed by atoms with van der Waals surface area (Å²) in [6.45, 7) is 1.73. The van der Waals surface area contributed by atoms with Crippen molar-refractivity contribution in [1.29, 1.82) is 0 Å². The van der Waals surface area contributed by atoms with E-state index in [9.17, 15) is 5.11 Å². The highest BCUT2D eigenvalue weighted by Crippen LogP contribution is 2.20. The molecule has 0 saturated carbocycles. The van der Waals surface area contributed by atoms with Crippen LogP contribution in [0, 0.1) is 0 Å². The van der Waals surface area contributed by atoms with E-state index >= 15 is 0 Å². The Kier molecular flexibility index (Phi) is 2.72. The number of aromatic nitrogens is 3. The second-order valence-electron chi connectivity index (χ2n) is 3.39. The van der Waals surface area contributed by atoms with Crippen molar-refractivity contribution in [2.24, 2.45) is 5.73 Å². The third-order valence-electron chi connectivity index (χ3n) is 2.19. The van der Waals surface area contributed by atoms with E-state index in [0.29, 0.717) is 11.3 Å². The third kappa shape index (κ3) is 1.75. The molecule has 6 heteroatoms. The number of halogens is 1. The number of imidazole rings is 1. The quantitative estimate of drug-likeness (QED) is 0.849. The minimum atomic E-state index is -0.803. The topological polar surface area (TPSA) is 76.4 Å². The van der Waals surface area contributed by atoms with Crippen LogP contribution in [0.2, 0.25) is 0 Å². The number of hydrogen-bond donors (Lipinski definition) is 2. The van der Waals surface area contributed by atoms with Crippen LogP contribution in [0.4, 0.5) is 0 Å². The molecule has 0 fully saturated rings.